The first kappa shape index (κ1) is 15.8. The molecule has 4 nitrogen and oxygen atoms in total. The summed E-state index contributed by atoms with van der Waals surface area (Å²) >= 11 is 0. The minimum atomic E-state index is -0.752. The Morgan fingerprint density at radius 2 is 2.16 bits per heavy atom. The maximum Gasteiger partial charge on any atom is 0.304 e. The van der Waals surface area contributed by atoms with Gasteiger partial charge in [0, 0.05) is 6.54 Å². The highest BCUT2D eigenvalue weighted by Gasteiger charge is 2.18. The quantitative estimate of drug-likeness (QED) is 0.786. The molecular weight excluding hydrogens is 266 g/mol. The maximum atomic E-state index is 10.3. The van der Waals surface area contributed by atoms with E-state index in [9.17, 15) is 4.79 Å². The van der Waals surface area contributed by atoms with Gasteiger partial charge in [0.2, 0.25) is 0 Å². The van der Waals surface area contributed by atoms with Crippen molar-refractivity contribution in [2.45, 2.75) is 19.3 Å². The van der Waals surface area contributed by atoms with Crippen LogP contribution in [-0.2, 0) is 11.2 Å². The third kappa shape index (κ3) is 5.09. The van der Waals surface area contributed by atoms with Gasteiger partial charge < -0.3 is 15.2 Å². The van der Waals surface area contributed by atoms with Crippen LogP contribution in [-0.4, -0.2) is 30.8 Å². The molecule has 1 aliphatic heterocycles. The second-order valence-corrected chi connectivity index (χ2v) is 4.67. The molecule has 0 fully saturated rings. The number of rotatable bonds is 6. The van der Waals surface area contributed by atoms with Crippen LogP contribution in [0.2, 0.25) is 0 Å². The molecule has 1 atom stereocenters. The molecule has 5 heteroatoms. The van der Waals surface area contributed by atoms with E-state index in [0.29, 0.717) is 12.5 Å². The lowest BCUT2D eigenvalue weighted by atomic mass is 9.94. The first-order valence-corrected chi connectivity index (χ1v) is 6.39. The van der Waals surface area contributed by atoms with Crippen LogP contribution in [0.4, 0.5) is 0 Å². The molecule has 0 spiro atoms. The Balaban J connectivity index is 0.00000180. The smallest absolute Gasteiger partial charge is 0.304 e. The highest BCUT2D eigenvalue weighted by molar-refractivity contribution is 5.85. The van der Waals surface area contributed by atoms with Crippen LogP contribution in [0.5, 0.6) is 5.75 Å². The van der Waals surface area contributed by atoms with Crippen LogP contribution >= 0.6 is 12.4 Å². The highest BCUT2D eigenvalue weighted by Crippen LogP contribution is 2.27. The van der Waals surface area contributed by atoms with E-state index in [2.05, 4.69) is 11.4 Å². The van der Waals surface area contributed by atoms with E-state index < -0.39 is 5.97 Å². The number of para-hydroxylation sites is 1. The third-order valence-corrected chi connectivity index (χ3v) is 3.20. The molecule has 19 heavy (non-hydrogen) atoms. The van der Waals surface area contributed by atoms with E-state index in [4.69, 9.17) is 9.84 Å². The monoisotopic (exact) mass is 285 g/mol. The molecule has 0 amide bonds. The topological polar surface area (TPSA) is 58.6 Å². The van der Waals surface area contributed by atoms with Gasteiger partial charge in [-0.25, -0.2) is 0 Å². The molecule has 2 rings (SSSR count). The van der Waals surface area contributed by atoms with Gasteiger partial charge in [0.1, 0.15) is 5.75 Å². The number of ether oxygens (including phenoxy) is 1. The molecule has 0 saturated heterocycles. The van der Waals surface area contributed by atoms with E-state index in [-0.39, 0.29) is 18.8 Å². The number of nitrogens with one attached hydrogen (secondary N) is 1. The predicted octanol–water partition coefficient (Wildman–Crippen LogP) is 2.11. The van der Waals surface area contributed by atoms with E-state index in [1.807, 2.05) is 18.2 Å². The molecule has 0 saturated carbocycles. The second kappa shape index (κ2) is 8.02. The van der Waals surface area contributed by atoms with Crippen molar-refractivity contribution >= 4 is 18.4 Å². The van der Waals surface area contributed by atoms with Crippen LogP contribution in [0.3, 0.4) is 0 Å². The number of fused-ring (bicyclic) bond motifs is 1. The average Bonchev–Trinajstić information content (AvgIpc) is 2.38. The van der Waals surface area contributed by atoms with E-state index in [0.717, 1.165) is 31.7 Å². The van der Waals surface area contributed by atoms with E-state index in [1.54, 1.807) is 0 Å². The molecule has 1 aliphatic rings. The lowest BCUT2D eigenvalue weighted by molar-refractivity contribution is -0.136. The first-order chi connectivity index (χ1) is 8.75. The van der Waals surface area contributed by atoms with Gasteiger partial charge >= 0.3 is 5.97 Å². The van der Waals surface area contributed by atoms with Crippen LogP contribution < -0.4 is 10.1 Å². The Morgan fingerprint density at radius 3 is 2.95 bits per heavy atom. The fourth-order valence-electron chi connectivity index (χ4n) is 2.20. The summed E-state index contributed by atoms with van der Waals surface area (Å²) in [6.07, 6.45) is 2.26. The number of carboxylic acids is 1. The Hall–Kier alpha value is -1.26. The molecule has 1 aromatic carbocycles. The van der Waals surface area contributed by atoms with Gasteiger partial charge in [-0.3, -0.25) is 4.79 Å². The SMILES string of the molecule is Cl.O=C(O)CCNCC[C@@H]1COc2ccccc2C1. The Labute approximate surface area is 119 Å². The van der Waals surface area contributed by atoms with Crippen LogP contribution in [0.25, 0.3) is 0 Å². The lowest BCUT2D eigenvalue weighted by Gasteiger charge is -2.25. The molecular formula is C14H20ClNO3. The number of carbonyl (C=O) groups is 1. The highest BCUT2D eigenvalue weighted by atomic mass is 35.5. The molecule has 0 aliphatic carbocycles. The zero-order chi connectivity index (χ0) is 12.8. The third-order valence-electron chi connectivity index (χ3n) is 3.20. The average molecular weight is 286 g/mol. The molecule has 1 heterocycles. The van der Waals surface area contributed by atoms with Gasteiger partial charge in [-0.2, -0.15) is 0 Å². The van der Waals surface area contributed by atoms with Crippen molar-refractivity contribution in [2.24, 2.45) is 5.92 Å². The molecule has 106 valence electrons. The molecule has 0 unspecified atom stereocenters. The summed E-state index contributed by atoms with van der Waals surface area (Å²) in [6.45, 7) is 2.15. The summed E-state index contributed by atoms with van der Waals surface area (Å²) in [4.78, 5) is 10.3. The van der Waals surface area contributed by atoms with Gasteiger partial charge in [-0.05, 0) is 36.9 Å². The maximum absolute atomic E-state index is 10.3. The Kier molecular flexibility index (Phi) is 6.67. The zero-order valence-electron chi connectivity index (χ0n) is 10.8. The van der Waals surface area contributed by atoms with Crippen molar-refractivity contribution in [1.29, 1.82) is 0 Å². The van der Waals surface area contributed by atoms with Gasteiger partial charge in [0.15, 0.2) is 0 Å². The summed E-state index contributed by atoms with van der Waals surface area (Å²) in [6, 6.07) is 8.15. The summed E-state index contributed by atoms with van der Waals surface area (Å²) in [7, 11) is 0. The Morgan fingerprint density at radius 1 is 1.37 bits per heavy atom. The fraction of sp³-hybridized carbons (Fsp3) is 0.500. The number of hydrogen-bond acceptors (Lipinski definition) is 3. The van der Waals surface area contributed by atoms with Crippen LogP contribution in [0.15, 0.2) is 24.3 Å². The number of carboxylic acid groups (broad SMARTS) is 1. The lowest BCUT2D eigenvalue weighted by Crippen LogP contribution is -2.26. The second-order valence-electron chi connectivity index (χ2n) is 4.67. The number of aliphatic carboxylic acids is 1. The van der Waals surface area contributed by atoms with Crippen molar-refractivity contribution < 1.29 is 14.6 Å². The summed E-state index contributed by atoms with van der Waals surface area (Å²) in [5, 5.41) is 11.7. The summed E-state index contributed by atoms with van der Waals surface area (Å²) in [5.74, 6) is 0.780. The van der Waals surface area contributed by atoms with Crippen molar-refractivity contribution in [2.75, 3.05) is 19.7 Å². The van der Waals surface area contributed by atoms with Crippen molar-refractivity contribution in [3.05, 3.63) is 29.8 Å². The van der Waals surface area contributed by atoms with Crippen molar-refractivity contribution in [1.82, 2.24) is 5.32 Å². The molecule has 0 aromatic heterocycles. The molecule has 0 bridgehead atoms. The molecule has 0 radical (unpaired) electrons. The van der Waals surface area contributed by atoms with Crippen LogP contribution in [0, 0.1) is 5.92 Å². The Bertz CT molecular complexity index is 411. The van der Waals surface area contributed by atoms with Crippen molar-refractivity contribution in [3.8, 4) is 5.75 Å². The largest absolute Gasteiger partial charge is 0.493 e. The van der Waals surface area contributed by atoms with Gasteiger partial charge in [0.25, 0.3) is 0 Å². The summed E-state index contributed by atoms with van der Waals surface area (Å²) < 4.78 is 5.71. The van der Waals surface area contributed by atoms with Crippen LogP contribution in [0.1, 0.15) is 18.4 Å². The molecule has 1 aromatic rings. The zero-order valence-corrected chi connectivity index (χ0v) is 11.6. The van der Waals surface area contributed by atoms with Gasteiger partial charge in [-0.15, -0.1) is 12.4 Å². The fourth-order valence-corrected chi connectivity index (χ4v) is 2.20. The van der Waals surface area contributed by atoms with E-state index in [1.165, 1.54) is 5.56 Å². The standard InChI is InChI=1S/C14H19NO3.ClH/c16-14(17)6-8-15-7-5-11-9-12-3-1-2-4-13(12)18-10-11;/h1-4,11,15H,5-10H2,(H,16,17);1H/t11-;/m0./s1. The molecule has 2 N–H and O–H groups in total. The predicted molar refractivity (Wildman–Crippen MR) is 76.1 cm³/mol. The normalized spacial score (nSPS) is 16.9. The number of benzene rings is 1. The van der Waals surface area contributed by atoms with Crippen molar-refractivity contribution in [3.63, 3.8) is 0 Å². The minimum Gasteiger partial charge on any atom is -0.493 e. The first-order valence-electron chi connectivity index (χ1n) is 6.39. The van der Waals surface area contributed by atoms with Gasteiger partial charge in [-0.1, -0.05) is 18.2 Å². The van der Waals surface area contributed by atoms with E-state index >= 15 is 0 Å². The number of halogens is 1. The minimum absolute atomic E-state index is 0. The number of hydrogen-bond donors (Lipinski definition) is 2. The van der Waals surface area contributed by atoms with Gasteiger partial charge in [0.05, 0.1) is 13.0 Å². The summed E-state index contributed by atoms with van der Waals surface area (Å²) in [5.41, 5.74) is 1.28.